The standard InChI is InChI=1S/C23H18FN3O2S2/c1-31(28,29)20-8-2-16(3-9-20)15-30-23-26-14-21(17-4-6-19(24)7-5-17)22(27-23)18-10-12-25-13-11-18/h2-14H,15H2,1H3. The van der Waals surface area contributed by atoms with Gasteiger partial charge < -0.3 is 0 Å². The van der Waals surface area contributed by atoms with Crippen molar-refractivity contribution in [2.75, 3.05) is 6.26 Å². The molecule has 0 bridgehead atoms. The van der Waals surface area contributed by atoms with Crippen LogP contribution in [0, 0.1) is 5.82 Å². The van der Waals surface area contributed by atoms with Gasteiger partial charge in [0.05, 0.1) is 10.6 Å². The predicted molar refractivity (Wildman–Crippen MR) is 120 cm³/mol. The van der Waals surface area contributed by atoms with E-state index in [4.69, 9.17) is 4.98 Å². The van der Waals surface area contributed by atoms with E-state index in [9.17, 15) is 12.8 Å². The van der Waals surface area contributed by atoms with E-state index in [1.165, 1.54) is 30.2 Å². The van der Waals surface area contributed by atoms with Gasteiger partial charge in [-0.2, -0.15) is 0 Å². The highest BCUT2D eigenvalue weighted by molar-refractivity contribution is 7.98. The molecule has 4 rings (SSSR count). The van der Waals surface area contributed by atoms with Gasteiger partial charge in [-0.05, 0) is 47.5 Å². The Morgan fingerprint density at radius 3 is 2.23 bits per heavy atom. The molecule has 5 nitrogen and oxygen atoms in total. The van der Waals surface area contributed by atoms with E-state index in [2.05, 4.69) is 9.97 Å². The molecule has 8 heteroatoms. The van der Waals surface area contributed by atoms with E-state index in [-0.39, 0.29) is 5.82 Å². The van der Waals surface area contributed by atoms with Crippen LogP contribution in [0.1, 0.15) is 5.56 Å². The molecule has 0 spiro atoms. The van der Waals surface area contributed by atoms with Crippen molar-refractivity contribution in [1.82, 2.24) is 15.0 Å². The van der Waals surface area contributed by atoms with E-state index >= 15 is 0 Å². The molecule has 0 saturated carbocycles. The minimum Gasteiger partial charge on any atom is -0.265 e. The zero-order valence-corrected chi connectivity index (χ0v) is 18.2. The van der Waals surface area contributed by atoms with Gasteiger partial charge in [0.25, 0.3) is 0 Å². The first kappa shape index (κ1) is 21.1. The van der Waals surface area contributed by atoms with Gasteiger partial charge in [-0.1, -0.05) is 36.0 Å². The smallest absolute Gasteiger partial charge is 0.188 e. The number of sulfone groups is 1. The zero-order chi connectivity index (χ0) is 21.8. The molecule has 2 aromatic heterocycles. The second kappa shape index (κ2) is 8.95. The maximum absolute atomic E-state index is 13.4. The Kier molecular flexibility index (Phi) is 6.11. The molecule has 2 aromatic carbocycles. The molecule has 0 unspecified atom stereocenters. The first-order valence-corrected chi connectivity index (χ1v) is 12.2. The van der Waals surface area contributed by atoms with E-state index < -0.39 is 9.84 Å². The fraction of sp³-hybridized carbons (Fsp3) is 0.0870. The Morgan fingerprint density at radius 1 is 0.903 bits per heavy atom. The molecule has 0 radical (unpaired) electrons. The van der Waals surface area contributed by atoms with Crippen LogP contribution in [-0.4, -0.2) is 29.6 Å². The van der Waals surface area contributed by atoms with E-state index in [0.29, 0.717) is 15.8 Å². The summed E-state index contributed by atoms with van der Waals surface area (Å²) in [7, 11) is -3.22. The van der Waals surface area contributed by atoms with E-state index in [1.807, 2.05) is 12.1 Å². The van der Waals surface area contributed by atoms with E-state index in [0.717, 1.165) is 27.9 Å². The van der Waals surface area contributed by atoms with Crippen molar-refractivity contribution in [3.8, 4) is 22.4 Å². The molecular weight excluding hydrogens is 433 g/mol. The number of benzene rings is 2. The Bertz CT molecular complexity index is 1300. The summed E-state index contributed by atoms with van der Waals surface area (Å²) in [5, 5.41) is 0.588. The average Bonchev–Trinajstić information content (AvgIpc) is 2.78. The van der Waals surface area contributed by atoms with Crippen molar-refractivity contribution in [2.45, 2.75) is 15.8 Å². The lowest BCUT2D eigenvalue weighted by Crippen LogP contribution is -1.97. The lowest BCUT2D eigenvalue weighted by Gasteiger charge is -2.11. The molecule has 0 N–H and O–H groups in total. The summed E-state index contributed by atoms with van der Waals surface area (Å²) in [6.45, 7) is 0. The maximum Gasteiger partial charge on any atom is 0.188 e. The van der Waals surface area contributed by atoms with Crippen molar-refractivity contribution in [1.29, 1.82) is 0 Å². The van der Waals surface area contributed by atoms with Gasteiger partial charge in [0.1, 0.15) is 5.82 Å². The van der Waals surface area contributed by atoms with Gasteiger partial charge in [-0.15, -0.1) is 0 Å². The van der Waals surface area contributed by atoms with E-state index in [1.54, 1.807) is 55.0 Å². The minimum absolute atomic E-state index is 0.293. The maximum atomic E-state index is 13.4. The molecule has 0 aliphatic heterocycles. The van der Waals surface area contributed by atoms with Gasteiger partial charge in [0.15, 0.2) is 15.0 Å². The van der Waals surface area contributed by atoms with Crippen LogP contribution in [0.15, 0.2) is 89.3 Å². The molecule has 31 heavy (non-hydrogen) atoms. The molecule has 0 fully saturated rings. The van der Waals surface area contributed by atoms with Crippen molar-refractivity contribution in [3.63, 3.8) is 0 Å². The second-order valence-corrected chi connectivity index (χ2v) is 9.82. The van der Waals surface area contributed by atoms with Crippen molar-refractivity contribution in [3.05, 3.63) is 90.6 Å². The van der Waals surface area contributed by atoms with Crippen LogP contribution >= 0.6 is 11.8 Å². The molecule has 0 aliphatic carbocycles. The summed E-state index contributed by atoms with van der Waals surface area (Å²) in [6, 6.07) is 16.8. The third kappa shape index (κ3) is 5.15. The summed E-state index contributed by atoms with van der Waals surface area (Å²) < 4.78 is 36.6. The summed E-state index contributed by atoms with van der Waals surface area (Å²) in [4.78, 5) is 13.6. The first-order valence-electron chi connectivity index (χ1n) is 9.35. The summed E-state index contributed by atoms with van der Waals surface area (Å²) >= 11 is 1.45. The number of pyridine rings is 1. The Hall–Kier alpha value is -3.10. The molecule has 4 aromatic rings. The molecule has 0 aliphatic rings. The average molecular weight is 452 g/mol. The highest BCUT2D eigenvalue weighted by atomic mass is 32.2. The zero-order valence-electron chi connectivity index (χ0n) is 16.6. The largest absolute Gasteiger partial charge is 0.265 e. The third-order valence-electron chi connectivity index (χ3n) is 4.60. The van der Waals surface area contributed by atoms with Crippen LogP contribution in [0.2, 0.25) is 0 Å². The second-order valence-electron chi connectivity index (χ2n) is 6.86. The van der Waals surface area contributed by atoms with Gasteiger partial charge in [0, 0.05) is 41.7 Å². The number of aromatic nitrogens is 3. The lowest BCUT2D eigenvalue weighted by molar-refractivity contribution is 0.602. The van der Waals surface area contributed by atoms with Gasteiger partial charge in [-0.3, -0.25) is 4.98 Å². The first-order chi connectivity index (χ1) is 14.9. The summed E-state index contributed by atoms with van der Waals surface area (Å²) in [5.41, 5.74) is 4.21. The van der Waals surface area contributed by atoms with Crippen LogP contribution in [0.3, 0.4) is 0 Å². The molecule has 2 heterocycles. The lowest BCUT2D eigenvalue weighted by atomic mass is 10.0. The highest BCUT2D eigenvalue weighted by Crippen LogP contribution is 2.32. The number of rotatable bonds is 6. The van der Waals surface area contributed by atoms with Crippen molar-refractivity contribution >= 4 is 21.6 Å². The number of hydrogen-bond donors (Lipinski definition) is 0. The van der Waals surface area contributed by atoms with Crippen molar-refractivity contribution < 1.29 is 12.8 Å². The summed E-state index contributed by atoms with van der Waals surface area (Å²) in [6.07, 6.45) is 6.32. The predicted octanol–water partition coefficient (Wildman–Crippen LogP) is 5.04. The topological polar surface area (TPSA) is 72.8 Å². The Labute approximate surface area is 184 Å². The molecule has 0 saturated heterocycles. The number of nitrogens with zero attached hydrogens (tertiary/aromatic N) is 3. The number of hydrogen-bond acceptors (Lipinski definition) is 6. The quantitative estimate of drug-likeness (QED) is 0.302. The van der Waals surface area contributed by atoms with Gasteiger partial charge in [0.2, 0.25) is 0 Å². The molecule has 156 valence electrons. The molecule has 0 amide bonds. The Balaban J connectivity index is 1.63. The van der Waals surface area contributed by atoms with Crippen LogP contribution in [0.5, 0.6) is 0 Å². The molecular formula is C23H18FN3O2S2. The van der Waals surface area contributed by atoms with Crippen LogP contribution < -0.4 is 0 Å². The van der Waals surface area contributed by atoms with Gasteiger partial charge >= 0.3 is 0 Å². The third-order valence-corrected chi connectivity index (χ3v) is 6.66. The fourth-order valence-corrected chi connectivity index (χ4v) is 4.39. The number of thioether (sulfide) groups is 1. The normalized spacial score (nSPS) is 11.4. The SMILES string of the molecule is CS(=O)(=O)c1ccc(CSc2ncc(-c3ccc(F)cc3)c(-c3ccncc3)n2)cc1. The van der Waals surface area contributed by atoms with Crippen LogP contribution in [0.4, 0.5) is 4.39 Å². The fourth-order valence-electron chi connectivity index (χ4n) is 2.99. The Morgan fingerprint density at radius 2 is 1.58 bits per heavy atom. The van der Waals surface area contributed by atoms with Crippen molar-refractivity contribution in [2.24, 2.45) is 0 Å². The number of halogens is 1. The van der Waals surface area contributed by atoms with Gasteiger partial charge in [-0.25, -0.2) is 22.8 Å². The van der Waals surface area contributed by atoms with Crippen LogP contribution in [-0.2, 0) is 15.6 Å². The minimum atomic E-state index is -3.22. The molecule has 0 atom stereocenters. The summed E-state index contributed by atoms with van der Waals surface area (Å²) in [5.74, 6) is 0.291. The van der Waals surface area contributed by atoms with Crippen LogP contribution in [0.25, 0.3) is 22.4 Å². The highest BCUT2D eigenvalue weighted by Gasteiger charge is 2.13. The monoisotopic (exact) mass is 451 g/mol.